The maximum atomic E-state index is 5.40. The van der Waals surface area contributed by atoms with Gasteiger partial charge in [-0.3, -0.25) is 0 Å². The van der Waals surface area contributed by atoms with Gasteiger partial charge in [0.25, 0.3) is 0 Å². The molecule has 1 aliphatic carbocycles. The Balaban J connectivity index is 1.81. The van der Waals surface area contributed by atoms with Gasteiger partial charge in [-0.25, -0.2) is 0 Å². The zero-order chi connectivity index (χ0) is 8.39. The van der Waals surface area contributed by atoms with Gasteiger partial charge in [0, 0.05) is 13.2 Å². The molecule has 2 unspecified atom stereocenters. The van der Waals surface area contributed by atoms with Crippen LogP contribution in [0.2, 0.25) is 0 Å². The predicted molar refractivity (Wildman–Crippen MR) is 49.2 cm³/mol. The molecule has 1 heterocycles. The molecule has 0 radical (unpaired) electrons. The highest BCUT2D eigenvalue weighted by molar-refractivity contribution is 4.87. The van der Waals surface area contributed by atoms with Crippen molar-refractivity contribution in [2.45, 2.75) is 44.2 Å². The number of methoxy groups -OCH3 is 1. The van der Waals surface area contributed by atoms with Crippen molar-refractivity contribution in [3.63, 3.8) is 0 Å². The Kier molecular flexibility index (Phi) is 2.66. The van der Waals surface area contributed by atoms with Gasteiger partial charge in [0.1, 0.15) is 0 Å². The van der Waals surface area contributed by atoms with Crippen LogP contribution in [0.3, 0.4) is 0 Å². The topological polar surface area (TPSA) is 21.3 Å². The second kappa shape index (κ2) is 3.75. The van der Waals surface area contributed by atoms with Crippen LogP contribution in [0.1, 0.15) is 32.1 Å². The average molecular weight is 169 g/mol. The van der Waals surface area contributed by atoms with Crippen molar-refractivity contribution in [2.75, 3.05) is 13.7 Å². The SMILES string of the molecule is COC1CCNC(C2CCC2)C1. The van der Waals surface area contributed by atoms with E-state index in [0.717, 1.165) is 18.5 Å². The molecule has 2 heteroatoms. The molecule has 1 N–H and O–H groups in total. The summed E-state index contributed by atoms with van der Waals surface area (Å²) >= 11 is 0. The van der Waals surface area contributed by atoms with E-state index in [1.54, 1.807) is 0 Å². The molecule has 12 heavy (non-hydrogen) atoms. The molecule has 2 rings (SSSR count). The van der Waals surface area contributed by atoms with E-state index in [1.165, 1.54) is 32.1 Å². The third-order valence-corrected chi connectivity index (χ3v) is 3.44. The third-order valence-electron chi connectivity index (χ3n) is 3.44. The van der Waals surface area contributed by atoms with Crippen molar-refractivity contribution < 1.29 is 4.74 Å². The number of ether oxygens (including phenoxy) is 1. The summed E-state index contributed by atoms with van der Waals surface area (Å²) < 4.78 is 5.40. The van der Waals surface area contributed by atoms with Gasteiger partial charge in [0.15, 0.2) is 0 Å². The van der Waals surface area contributed by atoms with Crippen LogP contribution in [-0.4, -0.2) is 25.8 Å². The first-order valence-electron chi connectivity index (χ1n) is 5.16. The van der Waals surface area contributed by atoms with E-state index in [4.69, 9.17) is 4.74 Å². The normalized spacial score (nSPS) is 37.8. The van der Waals surface area contributed by atoms with Gasteiger partial charge in [-0.15, -0.1) is 0 Å². The average Bonchev–Trinajstić information content (AvgIpc) is 2.02. The minimum atomic E-state index is 0.525. The summed E-state index contributed by atoms with van der Waals surface area (Å²) in [6.45, 7) is 1.15. The fourth-order valence-corrected chi connectivity index (χ4v) is 2.33. The molecule has 2 aliphatic rings. The van der Waals surface area contributed by atoms with Crippen LogP contribution in [0.25, 0.3) is 0 Å². The standard InChI is InChI=1S/C10H19NO/c1-12-9-5-6-11-10(7-9)8-3-2-4-8/h8-11H,2-7H2,1H3. The highest BCUT2D eigenvalue weighted by atomic mass is 16.5. The summed E-state index contributed by atoms with van der Waals surface area (Å²) in [6.07, 6.45) is 7.28. The molecule has 2 nitrogen and oxygen atoms in total. The number of hydrogen-bond acceptors (Lipinski definition) is 2. The highest BCUT2D eigenvalue weighted by Crippen LogP contribution is 2.33. The zero-order valence-corrected chi connectivity index (χ0v) is 7.88. The van der Waals surface area contributed by atoms with Gasteiger partial charge in [0.05, 0.1) is 6.10 Å². The Morgan fingerprint density at radius 2 is 2.08 bits per heavy atom. The Hall–Kier alpha value is -0.0800. The molecule has 0 aromatic heterocycles. The van der Waals surface area contributed by atoms with Gasteiger partial charge >= 0.3 is 0 Å². The van der Waals surface area contributed by atoms with Crippen molar-refractivity contribution >= 4 is 0 Å². The molecule has 0 spiro atoms. The quantitative estimate of drug-likeness (QED) is 0.677. The van der Waals surface area contributed by atoms with Gasteiger partial charge in [-0.2, -0.15) is 0 Å². The largest absolute Gasteiger partial charge is 0.381 e. The van der Waals surface area contributed by atoms with Crippen LogP contribution in [-0.2, 0) is 4.74 Å². The third kappa shape index (κ3) is 1.64. The van der Waals surface area contributed by atoms with E-state index >= 15 is 0 Å². The minimum absolute atomic E-state index is 0.525. The van der Waals surface area contributed by atoms with E-state index in [2.05, 4.69) is 5.32 Å². The molecule has 70 valence electrons. The van der Waals surface area contributed by atoms with Gasteiger partial charge < -0.3 is 10.1 Å². The highest BCUT2D eigenvalue weighted by Gasteiger charge is 2.31. The van der Waals surface area contributed by atoms with Crippen molar-refractivity contribution in [1.29, 1.82) is 0 Å². The zero-order valence-electron chi connectivity index (χ0n) is 7.88. The molecule has 2 atom stereocenters. The molecular weight excluding hydrogens is 150 g/mol. The first-order chi connectivity index (χ1) is 5.90. The fraction of sp³-hybridized carbons (Fsp3) is 1.00. The predicted octanol–water partition coefficient (Wildman–Crippen LogP) is 1.55. The van der Waals surface area contributed by atoms with Gasteiger partial charge in [-0.1, -0.05) is 6.42 Å². The van der Waals surface area contributed by atoms with E-state index in [9.17, 15) is 0 Å². The second-order valence-electron chi connectivity index (χ2n) is 4.13. The van der Waals surface area contributed by atoms with Crippen molar-refractivity contribution in [3.8, 4) is 0 Å². The molecule has 1 saturated carbocycles. The lowest BCUT2D eigenvalue weighted by atomic mass is 9.76. The van der Waals surface area contributed by atoms with E-state index < -0.39 is 0 Å². The summed E-state index contributed by atoms with van der Waals surface area (Å²) in [6, 6.07) is 0.762. The van der Waals surface area contributed by atoms with Crippen LogP contribution in [0.4, 0.5) is 0 Å². The molecular formula is C10H19NO. The second-order valence-corrected chi connectivity index (χ2v) is 4.13. The number of nitrogens with one attached hydrogen (secondary N) is 1. The maximum Gasteiger partial charge on any atom is 0.0598 e. The van der Waals surface area contributed by atoms with E-state index in [0.29, 0.717) is 6.10 Å². The Morgan fingerprint density at radius 3 is 2.67 bits per heavy atom. The fourth-order valence-electron chi connectivity index (χ4n) is 2.33. The van der Waals surface area contributed by atoms with Crippen LogP contribution in [0, 0.1) is 5.92 Å². The first kappa shape index (κ1) is 8.52. The molecule has 0 aromatic rings. The Morgan fingerprint density at radius 1 is 1.25 bits per heavy atom. The smallest absolute Gasteiger partial charge is 0.0598 e. The van der Waals surface area contributed by atoms with Crippen molar-refractivity contribution in [2.24, 2.45) is 5.92 Å². The van der Waals surface area contributed by atoms with Crippen molar-refractivity contribution in [1.82, 2.24) is 5.32 Å². The van der Waals surface area contributed by atoms with Crippen LogP contribution in [0.15, 0.2) is 0 Å². The maximum absolute atomic E-state index is 5.40. The molecule has 0 amide bonds. The summed E-state index contributed by atoms with van der Waals surface area (Å²) in [5.41, 5.74) is 0. The summed E-state index contributed by atoms with van der Waals surface area (Å²) in [5, 5.41) is 3.61. The summed E-state index contributed by atoms with van der Waals surface area (Å²) in [5.74, 6) is 0.961. The van der Waals surface area contributed by atoms with Crippen molar-refractivity contribution in [3.05, 3.63) is 0 Å². The summed E-state index contributed by atoms with van der Waals surface area (Å²) in [7, 11) is 1.84. The summed E-state index contributed by atoms with van der Waals surface area (Å²) in [4.78, 5) is 0. The number of rotatable bonds is 2. The van der Waals surface area contributed by atoms with Gasteiger partial charge in [0.2, 0.25) is 0 Å². The lowest BCUT2D eigenvalue weighted by Gasteiger charge is -2.39. The number of hydrogen-bond donors (Lipinski definition) is 1. The lowest BCUT2D eigenvalue weighted by Crippen LogP contribution is -2.47. The Labute approximate surface area is 74.7 Å². The minimum Gasteiger partial charge on any atom is -0.381 e. The van der Waals surface area contributed by atoms with E-state index in [-0.39, 0.29) is 0 Å². The molecule has 0 bridgehead atoms. The Bertz CT molecular complexity index is 145. The van der Waals surface area contributed by atoms with Gasteiger partial charge in [-0.05, 0) is 38.1 Å². The molecule has 0 aromatic carbocycles. The van der Waals surface area contributed by atoms with E-state index in [1.807, 2.05) is 7.11 Å². The monoisotopic (exact) mass is 169 g/mol. The number of piperidine rings is 1. The molecule has 1 saturated heterocycles. The lowest BCUT2D eigenvalue weighted by molar-refractivity contribution is 0.0421. The molecule has 1 aliphatic heterocycles. The molecule has 2 fully saturated rings. The van der Waals surface area contributed by atoms with Crippen LogP contribution in [0.5, 0.6) is 0 Å². The van der Waals surface area contributed by atoms with Crippen LogP contribution >= 0.6 is 0 Å². The first-order valence-corrected chi connectivity index (χ1v) is 5.16. The van der Waals surface area contributed by atoms with Crippen LogP contribution < -0.4 is 5.32 Å².